The van der Waals surface area contributed by atoms with Crippen molar-refractivity contribution in [2.45, 2.75) is 25.9 Å². The van der Waals surface area contributed by atoms with E-state index in [4.69, 9.17) is 4.42 Å². The lowest BCUT2D eigenvalue weighted by Crippen LogP contribution is -2.24. The van der Waals surface area contributed by atoms with Crippen LogP contribution in [0.25, 0.3) is 0 Å². The first-order valence-electron chi connectivity index (χ1n) is 6.25. The molecule has 4 heteroatoms. The van der Waals surface area contributed by atoms with E-state index in [0.29, 0.717) is 12.1 Å². The average Bonchev–Trinajstić information content (AvgIpc) is 2.92. The second-order valence-electron chi connectivity index (χ2n) is 4.70. The van der Waals surface area contributed by atoms with Crippen LogP contribution in [0, 0.1) is 0 Å². The molecule has 0 aliphatic carbocycles. The molecule has 1 aromatic heterocycles. The van der Waals surface area contributed by atoms with Gasteiger partial charge in [-0.15, -0.1) is 0 Å². The van der Waals surface area contributed by atoms with Crippen LogP contribution in [0.5, 0.6) is 0 Å². The molecule has 3 rings (SSSR count). The molecule has 1 unspecified atom stereocenters. The Bertz CT molecular complexity index is 549. The summed E-state index contributed by atoms with van der Waals surface area (Å²) in [4.78, 5) is 6.70. The Kier molecular flexibility index (Phi) is 2.80. The maximum atomic E-state index is 5.60. The van der Waals surface area contributed by atoms with Crippen LogP contribution in [0.15, 0.2) is 34.9 Å². The monoisotopic (exact) mass is 243 g/mol. The number of nitrogens with one attached hydrogen (secondary N) is 1. The predicted octanol–water partition coefficient (Wildman–Crippen LogP) is 2.48. The third kappa shape index (κ3) is 1.78. The molecule has 0 bridgehead atoms. The molecule has 1 aromatic carbocycles. The minimum absolute atomic E-state index is 0.392. The molecule has 0 amide bonds. The Morgan fingerprint density at radius 3 is 3.11 bits per heavy atom. The lowest BCUT2D eigenvalue weighted by molar-refractivity contribution is 0.538. The SMILES string of the molecule is CNCc1coc(N2c3ccccc3CC2C)n1. The molecule has 1 atom stereocenters. The molecule has 0 radical (unpaired) electrons. The first kappa shape index (κ1) is 11.3. The second-order valence-corrected chi connectivity index (χ2v) is 4.70. The number of aromatic nitrogens is 1. The van der Waals surface area contributed by atoms with Gasteiger partial charge in [0.05, 0.1) is 5.69 Å². The molecule has 1 N–H and O–H groups in total. The quantitative estimate of drug-likeness (QED) is 0.899. The minimum atomic E-state index is 0.392. The summed E-state index contributed by atoms with van der Waals surface area (Å²) in [5.74, 6) is 0. The Labute approximate surface area is 107 Å². The summed E-state index contributed by atoms with van der Waals surface area (Å²) in [7, 11) is 1.90. The molecular formula is C14H17N3O. The Hall–Kier alpha value is -1.81. The van der Waals surface area contributed by atoms with E-state index >= 15 is 0 Å². The van der Waals surface area contributed by atoms with E-state index in [9.17, 15) is 0 Å². The number of hydrogen-bond donors (Lipinski definition) is 1. The van der Waals surface area contributed by atoms with Crippen molar-refractivity contribution in [1.82, 2.24) is 10.3 Å². The normalized spacial score (nSPS) is 18.1. The largest absolute Gasteiger partial charge is 0.431 e. The fraction of sp³-hybridized carbons (Fsp3) is 0.357. The predicted molar refractivity (Wildman–Crippen MR) is 71.0 cm³/mol. The number of oxazole rings is 1. The molecule has 0 saturated heterocycles. The van der Waals surface area contributed by atoms with Crippen molar-refractivity contribution in [3.63, 3.8) is 0 Å². The molecule has 2 aromatic rings. The first-order chi connectivity index (χ1) is 8.79. The summed E-state index contributed by atoms with van der Waals surface area (Å²) in [5.41, 5.74) is 3.50. The topological polar surface area (TPSA) is 41.3 Å². The summed E-state index contributed by atoms with van der Waals surface area (Å²) < 4.78 is 5.60. The number of rotatable bonds is 3. The maximum Gasteiger partial charge on any atom is 0.302 e. The van der Waals surface area contributed by atoms with E-state index in [-0.39, 0.29) is 0 Å². The molecule has 0 fully saturated rings. The van der Waals surface area contributed by atoms with Crippen LogP contribution in [0.3, 0.4) is 0 Å². The van der Waals surface area contributed by atoms with Crippen LogP contribution in [0.4, 0.5) is 11.7 Å². The summed E-state index contributed by atoms with van der Waals surface area (Å²) in [6.45, 7) is 2.93. The molecular weight excluding hydrogens is 226 g/mol. The summed E-state index contributed by atoms with van der Waals surface area (Å²) in [5, 5.41) is 3.08. The number of nitrogens with zero attached hydrogens (tertiary/aromatic N) is 2. The van der Waals surface area contributed by atoms with Crippen LogP contribution in [0.2, 0.25) is 0 Å². The van der Waals surface area contributed by atoms with Crippen molar-refractivity contribution in [3.05, 3.63) is 41.8 Å². The number of hydrogen-bond acceptors (Lipinski definition) is 4. The molecule has 4 nitrogen and oxygen atoms in total. The third-order valence-corrected chi connectivity index (χ3v) is 3.31. The highest BCUT2D eigenvalue weighted by atomic mass is 16.4. The van der Waals surface area contributed by atoms with Gasteiger partial charge in [-0.2, -0.15) is 4.98 Å². The molecule has 0 spiro atoms. The van der Waals surface area contributed by atoms with Crippen LogP contribution >= 0.6 is 0 Å². The smallest absolute Gasteiger partial charge is 0.302 e. The zero-order chi connectivity index (χ0) is 12.5. The number of para-hydroxylation sites is 1. The van der Waals surface area contributed by atoms with Crippen molar-refractivity contribution in [3.8, 4) is 0 Å². The Morgan fingerprint density at radius 1 is 1.44 bits per heavy atom. The van der Waals surface area contributed by atoms with E-state index in [0.717, 1.165) is 18.7 Å². The van der Waals surface area contributed by atoms with Gasteiger partial charge in [0, 0.05) is 18.3 Å². The van der Waals surface area contributed by atoms with Gasteiger partial charge in [0.15, 0.2) is 0 Å². The summed E-state index contributed by atoms with van der Waals surface area (Å²) >= 11 is 0. The lowest BCUT2D eigenvalue weighted by atomic mass is 10.1. The van der Waals surface area contributed by atoms with Gasteiger partial charge >= 0.3 is 6.01 Å². The third-order valence-electron chi connectivity index (χ3n) is 3.31. The van der Waals surface area contributed by atoms with Crippen molar-refractivity contribution < 1.29 is 4.42 Å². The number of benzene rings is 1. The van der Waals surface area contributed by atoms with Crippen molar-refractivity contribution in [2.24, 2.45) is 0 Å². The van der Waals surface area contributed by atoms with Gasteiger partial charge in [0.2, 0.25) is 0 Å². The summed E-state index contributed by atoms with van der Waals surface area (Å²) in [6.07, 6.45) is 2.76. The average molecular weight is 243 g/mol. The molecule has 1 aliphatic rings. The first-order valence-corrected chi connectivity index (χ1v) is 6.25. The van der Waals surface area contributed by atoms with E-state index in [1.807, 2.05) is 7.05 Å². The van der Waals surface area contributed by atoms with E-state index < -0.39 is 0 Å². The van der Waals surface area contributed by atoms with Gasteiger partial charge in [-0.1, -0.05) is 18.2 Å². The fourth-order valence-corrected chi connectivity index (χ4v) is 2.53. The molecule has 18 heavy (non-hydrogen) atoms. The molecule has 94 valence electrons. The standard InChI is InChI=1S/C14H17N3O/c1-10-7-11-5-3-4-6-13(11)17(10)14-16-12(8-15-2)9-18-14/h3-6,9-10,15H,7-8H2,1-2H3. The van der Waals surface area contributed by atoms with Crippen molar-refractivity contribution >= 4 is 11.7 Å². The van der Waals surface area contributed by atoms with Gasteiger partial charge in [-0.25, -0.2) is 0 Å². The van der Waals surface area contributed by atoms with E-state index in [1.165, 1.54) is 11.3 Å². The molecule has 2 heterocycles. The Morgan fingerprint density at radius 2 is 2.28 bits per heavy atom. The number of fused-ring (bicyclic) bond motifs is 1. The zero-order valence-corrected chi connectivity index (χ0v) is 10.7. The van der Waals surface area contributed by atoms with E-state index in [2.05, 4.69) is 46.4 Å². The maximum absolute atomic E-state index is 5.60. The highest BCUT2D eigenvalue weighted by molar-refractivity contribution is 5.66. The zero-order valence-electron chi connectivity index (χ0n) is 10.7. The van der Waals surface area contributed by atoms with Gasteiger partial charge in [-0.05, 0) is 32.0 Å². The second kappa shape index (κ2) is 4.46. The Balaban J connectivity index is 1.95. The molecule has 0 saturated carbocycles. The van der Waals surface area contributed by atoms with Gasteiger partial charge in [0.25, 0.3) is 0 Å². The van der Waals surface area contributed by atoms with Crippen LogP contribution in [-0.4, -0.2) is 18.1 Å². The molecule has 1 aliphatic heterocycles. The van der Waals surface area contributed by atoms with Crippen LogP contribution < -0.4 is 10.2 Å². The summed E-state index contributed by atoms with van der Waals surface area (Å²) in [6, 6.07) is 9.52. The van der Waals surface area contributed by atoms with Gasteiger partial charge in [-0.3, -0.25) is 4.90 Å². The fourth-order valence-electron chi connectivity index (χ4n) is 2.53. The number of anilines is 2. The highest BCUT2D eigenvalue weighted by Gasteiger charge is 2.29. The van der Waals surface area contributed by atoms with Gasteiger partial charge < -0.3 is 9.73 Å². The van der Waals surface area contributed by atoms with Crippen molar-refractivity contribution in [1.29, 1.82) is 0 Å². The minimum Gasteiger partial charge on any atom is -0.431 e. The van der Waals surface area contributed by atoms with E-state index in [1.54, 1.807) is 6.26 Å². The highest BCUT2D eigenvalue weighted by Crippen LogP contribution is 2.37. The van der Waals surface area contributed by atoms with Crippen LogP contribution in [0.1, 0.15) is 18.2 Å². The van der Waals surface area contributed by atoms with Crippen molar-refractivity contribution in [2.75, 3.05) is 11.9 Å². The van der Waals surface area contributed by atoms with Gasteiger partial charge in [0.1, 0.15) is 6.26 Å². The lowest BCUT2D eigenvalue weighted by Gasteiger charge is -2.19. The van der Waals surface area contributed by atoms with Crippen LogP contribution in [-0.2, 0) is 13.0 Å².